The van der Waals surface area contributed by atoms with Gasteiger partial charge in [-0.05, 0) is 49.3 Å². The summed E-state index contributed by atoms with van der Waals surface area (Å²) < 4.78 is 0. The Morgan fingerprint density at radius 1 is 1.25 bits per heavy atom. The monoisotopic (exact) mass is 275 g/mol. The van der Waals surface area contributed by atoms with Crippen molar-refractivity contribution in [1.82, 2.24) is 4.90 Å². The van der Waals surface area contributed by atoms with Crippen molar-refractivity contribution in [3.8, 4) is 0 Å². The first-order valence-electron chi connectivity index (χ1n) is 7.94. The van der Waals surface area contributed by atoms with Gasteiger partial charge in [0.1, 0.15) is 0 Å². The van der Waals surface area contributed by atoms with Crippen LogP contribution in [-0.2, 0) is 6.42 Å². The largest absolute Gasteiger partial charge is 0.387 e. The quantitative estimate of drug-likeness (QED) is 0.903. The summed E-state index contributed by atoms with van der Waals surface area (Å²) in [5, 5.41) is 10.6. The third-order valence-electron chi connectivity index (χ3n) is 4.69. The van der Waals surface area contributed by atoms with Crippen molar-refractivity contribution in [2.75, 3.05) is 13.1 Å². The van der Waals surface area contributed by atoms with Gasteiger partial charge in [0.25, 0.3) is 0 Å². The van der Waals surface area contributed by atoms with E-state index in [4.69, 9.17) is 0 Å². The van der Waals surface area contributed by atoms with E-state index in [0.717, 1.165) is 25.1 Å². The first-order valence-corrected chi connectivity index (χ1v) is 7.94. The Bertz CT molecular complexity index is 424. The molecule has 0 amide bonds. The Kier molecular flexibility index (Phi) is 4.87. The fourth-order valence-corrected chi connectivity index (χ4v) is 3.24. The second kappa shape index (κ2) is 6.28. The van der Waals surface area contributed by atoms with Gasteiger partial charge in [-0.2, -0.15) is 0 Å². The summed E-state index contributed by atoms with van der Waals surface area (Å²) in [5.41, 5.74) is 2.74. The lowest BCUT2D eigenvalue weighted by molar-refractivity contribution is 0.0135. The molecule has 20 heavy (non-hydrogen) atoms. The van der Waals surface area contributed by atoms with Gasteiger partial charge in [0.05, 0.1) is 6.10 Å². The second-order valence-electron chi connectivity index (χ2n) is 7.02. The number of nitrogens with zero attached hydrogens (tertiary/aromatic N) is 1. The molecule has 0 radical (unpaired) electrons. The molecule has 1 aromatic rings. The Labute approximate surface area is 123 Å². The SMILES string of the molecule is CCc1ccc(C(O)C(C)N2CCCC(C)(C)C2)cc1. The van der Waals surface area contributed by atoms with Crippen molar-refractivity contribution < 1.29 is 5.11 Å². The van der Waals surface area contributed by atoms with E-state index >= 15 is 0 Å². The molecule has 1 N–H and O–H groups in total. The first-order chi connectivity index (χ1) is 9.43. The summed E-state index contributed by atoms with van der Waals surface area (Å²) in [6, 6.07) is 8.60. The van der Waals surface area contributed by atoms with Crippen molar-refractivity contribution >= 4 is 0 Å². The minimum Gasteiger partial charge on any atom is -0.387 e. The van der Waals surface area contributed by atoms with Crippen molar-refractivity contribution in [3.05, 3.63) is 35.4 Å². The molecule has 2 nitrogen and oxygen atoms in total. The maximum Gasteiger partial charge on any atom is 0.0942 e. The van der Waals surface area contributed by atoms with E-state index in [1.807, 2.05) is 0 Å². The van der Waals surface area contributed by atoms with Crippen molar-refractivity contribution in [2.24, 2.45) is 5.41 Å². The van der Waals surface area contributed by atoms with Gasteiger partial charge in [-0.15, -0.1) is 0 Å². The first kappa shape index (κ1) is 15.5. The summed E-state index contributed by atoms with van der Waals surface area (Å²) in [6.45, 7) is 11.2. The van der Waals surface area contributed by atoms with Crippen LogP contribution in [0.3, 0.4) is 0 Å². The summed E-state index contributed by atoms with van der Waals surface area (Å²) in [5.74, 6) is 0. The van der Waals surface area contributed by atoms with Gasteiger partial charge < -0.3 is 5.11 Å². The number of aliphatic hydroxyl groups is 1. The van der Waals surface area contributed by atoms with E-state index in [9.17, 15) is 5.11 Å². The van der Waals surface area contributed by atoms with Gasteiger partial charge in [-0.25, -0.2) is 0 Å². The van der Waals surface area contributed by atoms with E-state index in [-0.39, 0.29) is 6.04 Å². The van der Waals surface area contributed by atoms with Crippen LogP contribution < -0.4 is 0 Å². The van der Waals surface area contributed by atoms with Crippen LogP contribution in [0.5, 0.6) is 0 Å². The molecule has 0 aromatic heterocycles. The fraction of sp³-hybridized carbons (Fsp3) is 0.667. The number of rotatable bonds is 4. The Morgan fingerprint density at radius 3 is 2.45 bits per heavy atom. The minimum absolute atomic E-state index is 0.182. The number of benzene rings is 1. The number of hydrogen-bond donors (Lipinski definition) is 1. The number of aliphatic hydroxyl groups excluding tert-OH is 1. The van der Waals surface area contributed by atoms with Gasteiger partial charge in [-0.1, -0.05) is 45.0 Å². The molecular weight excluding hydrogens is 246 g/mol. The van der Waals surface area contributed by atoms with Crippen molar-refractivity contribution in [1.29, 1.82) is 0 Å². The van der Waals surface area contributed by atoms with Crippen LogP contribution >= 0.6 is 0 Å². The molecule has 112 valence electrons. The van der Waals surface area contributed by atoms with Gasteiger partial charge in [0, 0.05) is 12.6 Å². The van der Waals surface area contributed by atoms with Crippen LogP contribution in [0.1, 0.15) is 57.8 Å². The molecule has 1 aliphatic rings. The zero-order valence-electron chi connectivity index (χ0n) is 13.4. The number of hydrogen-bond acceptors (Lipinski definition) is 2. The highest BCUT2D eigenvalue weighted by molar-refractivity contribution is 5.25. The van der Waals surface area contributed by atoms with Gasteiger partial charge in [0.15, 0.2) is 0 Å². The molecule has 0 bridgehead atoms. The summed E-state index contributed by atoms with van der Waals surface area (Å²) in [4.78, 5) is 2.45. The predicted molar refractivity (Wildman–Crippen MR) is 84.8 cm³/mol. The van der Waals surface area contributed by atoms with Crippen LogP contribution in [-0.4, -0.2) is 29.1 Å². The van der Waals surface area contributed by atoms with E-state index in [1.54, 1.807) is 0 Å². The maximum atomic E-state index is 10.6. The van der Waals surface area contributed by atoms with Gasteiger partial charge in [0.2, 0.25) is 0 Å². The lowest BCUT2D eigenvalue weighted by atomic mass is 9.83. The van der Waals surface area contributed by atoms with Crippen LogP contribution in [0, 0.1) is 5.41 Å². The standard InChI is InChI=1S/C18H29NO/c1-5-15-7-9-16(10-8-15)17(20)14(2)19-12-6-11-18(3,4)13-19/h7-10,14,17,20H,5-6,11-13H2,1-4H3. The fourth-order valence-electron chi connectivity index (χ4n) is 3.24. The smallest absolute Gasteiger partial charge is 0.0942 e. The van der Waals surface area contributed by atoms with Crippen LogP contribution in [0.4, 0.5) is 0 Å². The highest BCUT2D eigenvalue weighted by Gasteiger charge is 2.31. The third-order valence-corrected chi connectivity index (χ3v) is 4.69. The van der Waals surface area contributed by atoms with Crippen LogP contribution in [0.15, 0.2) is 24.3 Å². The molecule has 2 unspecified atom stereocenters. The number of aryl methyl sites for hydroxylation is 1. The second-order valence-corrected chi connectivity index (χ2v) is 7.02. The Balaban J connectivity index is 2.05. The average molecular weight is 275 g/mol. The summed E-state index contributed by atoms with van der Waals surface area (Å²) in [7, 11) is 0. The maximum absolute atomic E-state index is 10.6. The molecule has 1 heterocycles. The average Bonchev–Trinajstić information content (AvgIpc) is 2.45. The minimum atomic E-state index is -0.394. The molecule has 1 aromatic carbocycles. The molecule has 0 aliphatic carbocycles. The third kappa shape index (κ3) is 3.62. The highest BCUT2D eigenvalue weighted by Crippen LogP contribution is 2.32. The number of piperidine rings is 1. The molecule has 1 fully saturated rings. The summed E-state index contributed by atoms with van der Waals surface area (Å²) >= 11 is 0. The molecule has 1 aliphatic heterocycles. The topological polar surface area (TPSA) is 23.5 Å². The molecule has 2 atom stereocenters. The van der Waals surface area contributed by atoms with E-state index in [0.29, 0.717) is 5.41 Å². The molecule has 1 saturated heterocycles. The normalized spacial score (nSPS) is 22.4. The van der Waals surface area contributed by atoms with E-state index in [1.165, 1.54) is 18.4 Å². The van der Waals surface area contributed by atoms with Gasteiger partial charge in [-0.3, -0.25) is 4.90 Å². The molecular formula is C18H29NO. The van der Waals surface area contributed by atoms with Crippen LogP contribution in [0.25, 0.3) is 0 Å². The highest BCUT2D eigenvalue weighted by atomic mass is 16.3. The Morgan fingerprint density at radius 2 is 1.90 bits per heavy atom. The summed E-state index contributed by atoms with van der Waals surface area (Å²) in [6.07, 6.45) is 3.18. The lowest BCUT2D eigenvalue weighted by Crippen LogP contribution is -2.46. The zero-order valence-corrected chi connectivity index (χ0v) is 13.4. The van der Waals surface area contributed by atoms with E-state index in [2.05, 4.69) is 56.9 Å². The molecule has 2 rings (SSSR count). The lowest BCUT2D eigenvalue weighted by Gasteiger charge is -2.42. The molecule has 0 saturated carbocycles. The van der Waals surface area contributed by atoms with Crippen molar-refractivity contribution in [2.45, 2.75) is 59.1 Å². The molecule has 0 spiro atoms. The van der Waals surface area contributed by atoms with E-state index < -0.39 is 6.10 Å². The molecule has 2 heteroatoms. The van der Waals surface area contributed by atoms with Crippen LogP contribution in [0.2, 0.25) is 0 Å². The van der Waals surface area contributed by atoms with Gasteiger partial charge >= 0.3 is 0 Å². The Hall–Kier alpha value is -0.860. The van der Waals surface area contributed by atoms with Crippen molar-refractivity contribution in [3.63, 3.8) is 0 Å². The predicted octanol–water partition coefficient (Wildman–Crippen LogP) is 3.79. The zero-order chi connectivity index (χ0) is 14.8. The number of likely N-dealkylation sites (tertiary alicyclic amines) is 1.